The smallest absolute Gasteiger partial charge is 0.265 e. The first-order valence-corrected chi connectivity index (χ1v) is 7.21. The van der Waals surface area contributed by atoms with E-state index in [1.165, 1.54) is 0 Å². The molecule has 1 aromatic carbocycles. The average Bonchev–Trinajstić information content (AvgIpc) is 3.05. The molecule has 3 aromatic rings. The van der Waals surface area contributed by atoms with Gasteiger partial charge in [-0.2, -0.15) is 0 Å². The van der Waals surface area contributed by atoms with Crippen molar-refractivity contribution in [3.05, 3.63) is 67.1 Å². The number of ether oxygens (including phenoxy) is 1. The van der Waals surface area contributed by atoms with Crippen molar-refractivity contribution in [1.82, 2.24) is 14.8 Å². The first-order chi connectivity index (χ1) is 11.2. The van der Waals surface area contributed by atoms with Gasteiger partial charge in [-0.3, -0.25) is 9.78 Å². The largest absolute Gasteiger partial charge is 0.463 e. The van der Waals surface area contributed by atoms with E-state index in [-0.39, 0.29) is 5.91 Å². The van der Waals surface area contributed by atoms with Crippen LogP contribution in [-0.4, -0.2) is 26.8 Å². The van der Waals surface area contributed by atoms with Crippen molar-refractivity contribution in [3.8, 4) is 11.6 Å². The van der Waals surface area contributed by atoms with E-state index >= 15 is 0 Å². The molecule has 0 spiro atoms. The van der Waals surface area contributed by atoms with Gasteiger partial charge in [0.1, 0.15) is 0 Å². The molecular formula is C17H16N4O2. The number of pyridine rings is 1. The number of carbonyl (C=O) groups excluding carboxylic acids is 1. The molecule has 6 heteroatoms. The number of amides is 1. The lowest BCUT2D eigenvalue weighted by Crippen LogP contribution is -2.30. The molecule has 1 N–H and O–H groups in total. The van der Waals surface area contributed by atoms with Crippen LogP contribution in [0.15, 0.2) is 67.1 Å². The monoisotopic (exact) mass is 308 g/mol. The Balaban J connectivity index is 1.63. The Bertz CT molecular complexity index is 772. The van der Waals surface area contributed by atoms with Gasteiger partial charge in [-0.05, 0) is 31.2 Å². The van der Waals surface area contributed by atoms with Crippen LogP contribution in [0, 0.1) is 0 Å². The number of benzene rings is 1. The minimum absolute atomic E-state index is 0.257. The molecule has 0 unspecified atom stereocenters. The SMILES string of the molecule is C[C@H](Oc1ccn(-c2ccccc2)n1)C(=O)Nc1cccnc1. The fourth-order valence-electron chi connectivity index (χ4n) is 2.01. The number of hydrogen-bond acceptors (Lipinski definition) is 4. The maximum Gasteiger partial charge on any atom is 0.265 e. The molecule has 0 bridgehead atoms. The van der Waals surface area contributed by atoms with E-state index in [9.17, 15) is 4.79 Å². The van der Waals surface area contributed by atoms with Crippen molar-refractivity contribution in [2.75, 3.05) is 5.32 Å². The Morgan fingerprint density at radius 1 is 1.17 bits per heavy atom. The van der Waals surface area contributed by atoms with Gasteiger partial charge in [0, 0.05) is 18.5 Å². The van der Waals surface area contributed by atoms with Gasteiger partial charge < -0.3 is 10.1 Å². The van der Waals surface area contributed by atoms with Gasteiger partial charge in [-0.25, -0.2) is 4.68 Å². The van der Waals surface area contributed by atoms with E-state index in [0.29, 0.717) is 11.6 Å². The summed E-state index contributed by atoms with van der Waals surface area (Å²) in [4.78, 5) is 16.0. The standard InChI is InChI=1S/C17H16N4O2/c1-13(17(22)19-14-6-5-10-18-12-14)23-16-9-11-21(20-16)15-7-3-2-4-8-15/h2-13H,1H3,(H,19,22)/t13-/m0/s1. The summed E-state index contributed by atoms with van der Waals surface area (Å²) in [5, 5.41) is 7.05. The Labute approximate surface area is 133 Å². The number of carbonyl (C=O) groups is 1. The van der Waals surface area contributed by atoms with E-state index in [1.54, 1.807) is 48.4 Å². The Morgan fingerprint density at radius 3 is 2.74 bits per heavy atom. The number of hydrogen-bond donors (Lipinski definition) is 1. The van der Waals surface area contributed by atoms with Gasteiger partial charge in [0.2, 0.25) is 5.88 Å². The summed E-state index contributed by atoms with van der Waals surface area (Å²) in [6, 6.07) is 14.9. The van der Waals surface area contributed by atoms with Crippen LogP contribution in [0.4, 0.5) is 5.69 Å². The summed E-state index contributed by atoms with van der Waals surface area (Å²) < 4.78 is 7.28. The molecule has 1 atom stereocenters. The number of aromatic nitrogens is 3. The van der Waals surface area contributed by atoms with E-state index in [4.69, 9.17) is 4.74 Å². The molecule has 6 nitrogen and oxygen atoms in total. The third-order valence-corrected chi connectivity index (χ3v) is 3.18. The first kappa shape index (κ1) is 14.8. The molecular weight excluding hydrogens is 292 g/mol. The van der Waals surface area contributed by atoms with Crippen LogP contribution in [0.3, 0.4) is 0 Å². The predicted molar refractivity (Wildman–Crippen MR) is 86.5 cm³/mol. The minimum Gasteiger partial charge on any atom is -0.463 e. The van der Waals surface area contributed by atoms with Crippen LogP contribution >= 0.6 is 0 Å². The second-order valence-corrected chi connectivity index (χ2v) is 4.93. The summed E-state index contributed by atoms with van der Waals surface area (Å²) >= 11 is 0. The highest BCUT2D eigenvalue weighted by Gasteiger charge is 2.16. The lowest BCUT2D eigenvalue weighted by Gasteiger charge is -2.12. The van der Waals surface area contributed by atoms with Crippen molar-refractivity contribution < 1.29 is 9.53 Å². The molecule has 0 saturated heterocycles. The highest BCUT2D eigenvalue weighted by atomic mass is 16.5. The highest BCUT2D eigenvalue weighted by Crippen LogP contribution is 2.13. The Kier molecular flexibility index (Phi) is 4.33. The van der Waals surface area contributed by atoms with Gasteiger partial charge >= 0.3 is 0 Å². The quantitative estimate of drug-likeness (QED) is 0.787. The number of nitrogens with one attached hydrogen (secondary N) is 1. The molecule has 0 aliphatic heterocycles. The zero-order chi connectivity index (χ0) is 16.1. The molecule has 0 saturated carbocycles. The van der Waals surface area contributed by atoms with Crippen LogP contribution in [0.2, 0.25) is 0 Å². The predicted octanol–water partition coefficient (Wildman–Crippen LogP) is 2.67. The molecule has 1 amide bonds. The van der Waals surface area contributed by atoms with Gasteiger partial charge in [-0.1, -0.05) is 18.2 Å². The summed E-state index contributed by atoms with van der Waals surface area (Å²) in [5.74, 6) is 0.134. The summed E-state index contributed by atoms with van der Waals surface area (Å²) in [6.07, 6.45) is 4.34. The Morgan fingerprint density at radius 2 is 2.00 bits per heavy atom. The molecule has 2 aromatic heterocycles. The molecule has 0 fully saturated rings. The minimum atomic E-state index is -0.672. The van der Waals surface area contributed by atoms with Crippen LogP contribution in [0.25, 0.3) is 5.69 Å². The number of nitrogens with zero attached hydrogens (tertiary/aromatic N) is 3. The van der Waals surface area contributed by atoms with Crippen molar-refractivity contribution in [2.24, 2.45) is 0 Å². The number of anilines is 1. The van der Waals surface area contributed by atoms with Gasteiger partial charge in [0.05, 0.1) is 17.6 Å². The summed E-state index contributed by atoms with van der Waals surface area (Å²) in [6.45, 7) is 1.67. The third-order valence-electron chi connectivity index (χ3n) is 3.18. The van der Waals surface area contributed by atoms with E-state index in [2.05, 4.69) is 15.4 Å². The van der Waals surface area contributed by atoms with Crippen LogP contribution < -0.4 is 10.1 Å². The zero-order valence-electron chi connectivity index (χ0n) is 12.6. The lowest BCUT2D eigenvalue weighted by atomic mass is 10.3. The van der Waals surface area contributed by atoms with Crippen molar-refractivity contribution in [1.29, 1.82) is 0 Å². The van der Waals surface area contributed by atoms with E-state index < -0.39 is 6.10 Å². The maximum absolute atomic E-state index is 12.1. The van der Waals surface area contributed by atoms with Gasteiger partial charge in [0.15, 0.2) is 6.10 Å². The van der Waals surface area contributed by atoms with Crippen LogP contribution in [0.1, 0.15) is 6.92 Å². The Hall–Kier alpha value is -3.15. The fraction of sp³-hybridized carbons (Fsp3) is 0.118. The lowest BCUT2D eigenvalue weighted by molar-refractivity contribution is -0.122. The third kappa shape index (κ3) is 3.74. The van der Waals surface area contributed by atoms with Crippen LogP contribution in [-0.2, 0) is 4.79 Å². The highest BCUT2D eigenvalue weighted by molar-refractivity contribution is 5.93. The van der Waals surface area contributed by atoms with Gasteiger partial charge in [-0.15, -0.1) is 5.10 Å². The molecule has 0 aliphatic carbocycles. The number of rotatable bonds is 5. The van der Waals surface area contributed by atoms with Crippen molar-refractivity contribution in [3.63, 3.8) is 0 Å². The topological polar surface area (TPSA) is 69.0 Å². The van der Waals surface area contributed by atoms with E-state index in [1.807, 2.05) is 30.3 Å². The molecule has 116 valence electrons. The zero-order valence-corrected chi connectivity index (χ0v) is 12.6. The molecule has 0 aliphatic rings. The number of para-hydroxylation sites is 1. The van der Waals surface area contributed by atoms with Crippen molar-refractivity contribution in [2.45, 2.75) is 13.0 Å². The molecule has 3 rings (SSSR count). The van der Waals surface area contributed by atoms with Crippen LogP contribution in [0.5, 0.6) is 5.88 Å². The average molecular weight is 308 g/mol. The van der Waals surface area contributed by atoms with Crippen molar-refractivity contribution >= 4 is 11.6 Å². The second kappa shape index (κ2) is 6.74. The normalized spacial score (nSPS) is 11.7. The fourth-order valence-corrected chi connectivity index (χ4v) is 2.01. The molecule has 23 heavy (non-hydrogen) atoms. The summed E-state index contributed by atoms with van der Waals surface area (Å²) in [7, 11) is 0. The van der Waals surface area contributed by atoms with Gasteiger partial charge in [0.25, 0.3) is 5.91 Å². The first-order valence-electron chi connectivity index (χ1n) is 7.21. The maximum atomic E-state index is 12.1. The summed E-state index contributed by atoms with van der Waals surface area (Å²) in [5.41, 5.74) is 1.55. The molecule has 0 radical (unpaired) electrons. The molecule has 2 heterocycles. The van der Waals surface area contributed by atoms with E-state index in [0.717, 1.165) is 5.69 Å². The second-order valence-electron chi connectivity index (χ2n) is 4.93.